The van der Waals surface area contributed by atoms with Crippen LogP contribution in [0, 0.1) is 5.92 Å². The van der Waals surface area contributed by atoms with E-state index in [4.69, 9.17) is 9.47 Å². The Morgan fingerprint density at radius 1 is 1.12 bits per heavy atom. The maximum absolute atomic E-state index is 9.47. The summed E-state index contributed by atoms with van der Waals surface area (Å²) in [5.41, 5.74) is 0.593. The van der Waals surface area contributed by atoms with Gasteiger partial charge in [0.2, 0.25) is 0 Å². The van der Waals surface area contributed by atoms with Gasteiger partial charge >= 0.3 is 0 Å². The lowest BCUT2D eigenvalue weighted by Crippen LogP contribution is -2.45. The van der Waals surface area contributed by atoms with Crippen LogP contribution in [0.5, 0.6) is 11.5 Å². The molecule has 0 amide bonds. The van der Waals surface area contributed by atoms with E-state index >= 15 is 0 Å². The summed E-state index contributed by atoms with van der Waals surface area (Å²) in [6, 6.07) is 18.0. The number of benzene rings is 2. The third-order valence-electron chi connectivity index (χ3n) is 5.34. The van der Waals surface area contributed by atoms with Crippen molar-refractivity contribution in [3.63, 3.8) is 0 Å². The Kier molecular flexibility index (Phi) is 6.67. The third kappa shape index (κ3) is 4.09. The molecule has 0 saturated carbocycles. The van der Waals surface area contributed by atoms with E-state index in [1.807, 2.05) is 48.5 Å². The van der Waals surface area contributed by atoms with Gasteiger partial charge in [-0.15, -0.1) is 0 Å². The Bertz CT molecular complexity index is 670. The number of aliphatic hydroxyl groups excluding tert-OH is 1. The van der Waals surface area contributed by atoms with Crippen LogP contribution in [0.2, 0.25) is 0 Å². The van der Waals surface area contributed by atoms with Gasteiger partial charge in [0, 0.05) is 31.7 Å². The fourth-order valence-corrected chi connectivity index (χ4v) is 4.05. The second kappa shape index (κ2) is 9.17. The first-order chi connectivity index (χ1) is 12.8. The van der Waals surface area contributed by atoms with E-state index in [0.29, 0.717) is 12.3 Å². The molecule has 1 aliphatic rings. The predicted octanol–water partition coefficient (Wildman–Crippen LogP) is 4.09. The van der Waals surface area contributed by atoms with E-state index in [2.05, 4.69) is 11.4 Å². The molecule has 26 heavy (non-hydrogen) atoms. The molecule has 140 valence electrons. The van der Waals surface area contributed by atoms with Crippen molar-refractivity contribution in [3.8, 4) is 11.5 Å². The van der Waals surface area contributed by atoms with Crippen LogP contribution in [0.4, 0.5) is 0 Å². The maximum atomic E-state index is 9.47. The number of rotatable bonds is 8. The van der Waals surface area contributed by atoms with Gasteiger partial charge in [0.15, 0.2) is 0 Å². The van der Waals surface area contributed by atoms with E-state index in [9.17, 15) is 5.11 Å². The third-order valence-corrected chi connectivity index (χ3v) is 5.34. The first-order valence-electron chi connectivity index (χ1n) is 9.49. The number of nitrogens with one attached hydrogen (secondary N) is 1. The van der Waals surface area contributed by atoms with Crippen LogP contribution in [0.1, 0.15) is 31.2 Å². The number of aliphatic hydroxyl groups is 1. The number of methoxy groups -OCH3 is 1. The largest absolute Gasteiger partial charge is 0.457 e. The van der Waals surface area contributed by atoms with Crippen LogP contribution in [0.3, 0.4) is 0 Å². The Morgan fingerprint density at radius 2 is 1.88 bits per heavy atom. The molecule has 2 atom stereocenters. The van der Waals surface area contributed by atoms with Crippen LogP contribution in [-0.4, -0.2) is 31.9 Å². The molecule has 1 fully saturated rings. The van der Waals surface area contributed by atoms with E-state index in [1.54, 1.807) is 7.11 Å². The highest BCUT2D eigenvalue weighted by Crippen LogP contribution is 2.45. The predicted molar refractivity (Wildman–Crippen MR) is 104 cm³/mol. The van der Waals surface area contributed by atoms with Gasteiger partial charge in [0.25, 0.3) is 0 Å². The minimum Gasteiger partial charge on any atom is -0.457 e. The van der Waals surface area contributed by atoms with E-state index < -0.39 is 5.60 Å². The van der Waals surface area contributed by atoms with Gasteiger partial charge in [-0.1, -0.05) is 36.4 Å². The zero-order chi connectivity index (χ0) is 18.2. The van der Waals surface area contributed by atoms with Gasteiger partial charge < -0.3 is 19.9 Å². The average molecular weight is 355 g/mol. The van der Waals surface area contributed by atoms with Crippen molar-refractivity contribution in [3.05, 3.63) is 60.2 Å². The number of piperidine rings is 1. The summed E-state index contributed by atoms with van der Waals surface area (Å²) in [6.45, 7) is 2.13. The van der Waals surface area contributed by atoms with E-state index in [-0.39, 0.29) is 6.61 Å². The first kappa shape index (κ1) is 18.9. The molecule has 0 bridgehead atoms. The molecule has 3 rings (SSSR count). The number of para-hydroxylation sites is 2. The molecule has 2 aromatic rings. The van der Waals surface area contributed by atoms with Crippen molar-refractivity contribution in [2.24, 2.45) is 5.92 Å². The van der Waals surface area contributed by atoms with Gasteiger partial charge in [-0.25, -0.2) is 0 Å². The van der Waals surface area contributed by atoms with Crippen molar-refractivity contribution in [2.45, 2.75) is 31.3 Å². The van der Waals surface area contributed by atoms with Crippen LogP contribution in [0.25, 0.3) is 0 Å². The summed E-state index contributed by atoms with van der Waals surface area (Å²) in [7, 11) is 1.78. The molecular weight excluding hydrogens is 326 g/mol. The summed E-state index contributed by atoms with van der Waals surface area (Å²) in [6.07, 6.45) is 3.70. The number of hydrogen-bond donors (Lipinski definition) is 2. The standard InChI is InChI=1S/C22H29NO3/c1-25-22(14-8-16-24,18-9-7-15-23-17-18)20-12-5-6-13-21(20)26-19-10-3-2-4-11-19/h2-6,10-13,18,23-24H,7-9,14-17H2,1H3/t18-,22+/m1/s1. The quantitative estimate of drug-likeness (QED) is 0.749. The minimum atomic E-state index is -0.471. The van der Waals surface area contributed by atoms with Crippen LogP contribution >= 0.6 is 0 Å². The maximum Gasteiger partial charge on any atom is 0.133 e. The van der Waals surface area contributed by atoms with Crippen molar-refractivity contribution in [2.75, 3.05) is 26.8 Å². The molecule has 2 N–H and O–H groups in total. The van der Waals surface area contributed by atoms with E-state index in [0.717, 1.165) is 49.4 Å². The second-order valence-corrected chi connectivity index (χ2v) is 6.88. The number of hydrogen-bond acceptors (Lipinski definition) is 4. The molecule has 4 nitrogen and oxygen atoms in total. The molecule has 1 aliphatic heterocycles. The highest BCUT2D eigenvalue weighted by molar-refractivity contribution is 5.42. The van der Waals surface area contributed by atoms with Crippen LogP contribution < -0.4 is 10.1 Å². The van der Waals surface area contributed by atoms with E-state index in [1.165, 1.54) is 0 Å². The van der Waals surface area contributed by atoms with Crippen molar-refractivity contribution in [1.29, 1.82) is 0 Å². The fraction of sp³-hybridized carbons (Fsp3) is 0.455. The molecule has 0 aromatic heterocycles. The zero-order valence-electron chi connectivity index (χ0n) is 15.5. The molecule has 1 saturated heterocycles. The summed E-state index contributed by atoms with van der Waals surface area (Å²) in [4.78, 5) is 0. The highest BCUT2D eigenvalue weighted by Gasteiger charge is 2.42. The molecule has 2 aromatic carbocycles. The summed E-state index contributed by atoms with van der Waals surface area (Å²) >= 11 is 0. The first-order valence-corrected chi connectivity index (χ1v) is 9.49. The van der Waals surface area contributed by atoms with Gasteiger partial charge in [0.1, 0.15) is 17.1 Å². The van der Waals surface area contributed by atoms with Crippen molar-refractivity contribution in [1.82, 2.24) is 5.32 Å². The Morgan fingerprint density at radius 3 is 2.58 bits per heavy atom. The van der Waals surface area contributed by atoms with Gasteiger partial charge in [0.05, 0.1) is 0 Å². The molecule has 0 unspecified atom stereocenters. The topological polar surface area (TPSA) is 50.7 Å². The molecule has 4 heteroatoms. The van der Waals surface area contributed by atoms with Crippen LogP contribution in [-0.2, 0) is 10.3 Å². The zero-order valence-corrected chi connectivity index (χ0v) is 15.5. The smallest absolute Gasteiger partial charge is 0.133 e. The van der Waals surface area contributed by atoms with Gasteiger partial charge in [-0.3, -0.25) is 0 Å². The summed E-state index contributed by atoms with van der Waals surface area (Å²) in [5.74, 6) is 1.98. The molecule has 0 aliphatic carbocycles. The minimum absolute atomic E-state index is 0.160. The molecular formula is C22H29NO3. The van der Waals surface area contributed by atoms with Gasteiger partial charge in [-0.2, -0.15) is 0 Å². The van der Waals surface area contributed by atoms with Gasteiger partial charge in [-0.05, 0) is 50.4 Å². The summed E-state index contributed by atoms with van der Waals surface area (Å²) < 4.78 is 12.4. The molecule has 0 spiro atoms. The normalized spacial score (nSPS) is 19.7. The Labute approximate surface area is 156 Å². The number of ether oxygens (including phenoxy) is 2. The highest BCUT2D eigenvalue weighted by atomic mass is 16.5. The molecule has 0 radical (unpaired) electrons. The lowest BCUT2D eigenvalue weighted by molar-refractivity contribution is -0.0820. The van der Waals surface area contributed by atoms with Crippen molar-refractivity contribution >= 4 is 0 Å². The monoisotopic (exact) mass is 355 g/mol. The Balaban J connectivity index is 2.00. The SMILES string of the molecule is CO[C@](CCCO)(c1ccccc1Oc1ccccc1)[C@@H]1CCCNC1. The summed E-state index contributed by atoms with van der Waals surface area (Å²) in [5, 5.41) is 13.0. The van der Waals surface area contributed by atoms with Crippen LogP contribution in [0.15, 0.2) is 54.6 Å². The Hall–Kier alpha value is -1.88. The lowest BCUT2D eigenvalue weighted by Gasteiger charge is -2.43. The lowest BCUT2D eigenvalue weighted by atomic mass is 9.74. The fourth-order valence-electron chi connectivity index (χ4n) is 4.05. The molecule has 1 heterocycles. The average Bonchev–Trinajstić information content (AvgIpc) is 2.71. The van der Waals surface area contributed by atoms with Crippen molar-refractivity contribution < 1.29 is 14.6 Å². The second-order valence-electron chi connectivity index (χ2n) is 6.88.